The summed E-state index contributed by atoms with van der Waals surface area (Å²) >= 11 is 0. The summed E-state index contributed by atoms with van der Waals surface area (Å²) in [6, 6.07) is 3.60. The molecule has 2 amide bonds. The molecule has 0 atom stereocenters. The molecule has 0 aromatic carbocycles. The molecular weight excluding hydrogens is 314 g/mol. The van der Waals surface area contributed by atoms with E-state index in [-0.39, 0.29) is 17.7 Å². The van der Waals surface area contributed by atoms with Crippen molar-refractivity contribution in [2.24, 2.45) is 11.8 Å². The van der Waals surface area contributed by atoms with Crippen molar-refractivity contribution in [3.8, 4) is 0 Å². The zero-order chi connectivity index (χ0) is 18.1. The summed E-state index contributed by atoms with van der Waals surface area (Å²) in [5, 5.41) is 3.15. The van der Waals surface area contributed by atoms with Gasteiger partial charge in [0.05, 0.1) is 5.56 Å². The quantitative estimate of drug-likeness (QED) is 0.786. The predicted octanol–water partition coefficient (Wildman–Crippen LogP) is 3.27. The van der Waals surface area contributed by atoms with Crippen molar-refractivity contribution in [2.45, 2.75) is 52.4 Å². The van der Waals surface area contributed by atoms with Crippen molar-refractivity contribution in [1.82, 2.24) is 15.2 Å². The first-order chi connectivity index (χ1) is 12.2. The number of piperidine rings is 1. The molecule has 138 valence electrons. The minimum absolute atomic E-state index is 0.0570. The zero-order valence-corrected chi connectivity index (χ0v) is 15.5. The fraction of sp³-hybridized carbons (Fsp3) is 0.650. The molecule has 1 saturated heterocycles. The Hall–Kier alpha value is -1.91. The Morgan fingerprint density at radius 1 is 1.24 bits per heavy atom. The summed E-state index contributed by atoms with van der Waals surface area (Å²) in [6.45, 7) is 6.50. The van der Waals surface area contributed by atoms with Crippen LogP contribution in [0.1, 0.15) is 62.7 Å². The van der Waals surface area contributed by atoms with E-state index in [1.165, 1.54) is 0 Å². The molecule has 0 unspecified atom stereocenters. The van der Waals surface area contributed by atoms with Crippen molar-refractivity contribution in [3.63, 3.8) is 0 Å². The Morgan fingerprint density at radius 2 is 1.92 bits per heavy atom. The van der Waals surface area contributed by atoms with E-state index in [0.29, 0.717) is 11.5 Å². The second kappa shape index (κ2) is 10.2. The molecule has 0 bridgehead atoms. The number of nitrogens with zero attached hydrogens (tertiary/aromatic N) is 2. The number of rotatable bonds is 8. The number of carbonyl (C=O) groups is 2. The molecule has 1 aromatic heterocycles. The Labute approximate surface area is 151 Å². The molecule has 5 heteroatoms. The number of nitrogens with one attached hydrogen (secondary N) is 1. The van der Waals surface area contributed by atoms with Gasteiger partial charge in [0.2, 0.25) is 5.91 Å². The van der Waals surface area contributed by atoms with Gasteiger partial charge >= 0.3 is 0 Å². The van der Waals surface area contributed by atoms with Gasteiger partial charge in [0.1, 0.15) is 0 Å². The number of amides is 2. The molecule has 2 rings (SSSR count). The average molecular weight is 345 g/mol. The number of hydrogen-bond donors (Lipinski definition) is 1. The molecular formula is C20H31N3O2. The van der Waals surface area contributed by atoms with Gasteiger partial charge in [-0.2, -0.15) is 0 Å². The van der Waals surface area contributed by atoms with Gasteiger partial charge in [0.15, 0.2) is 0 Å². The molecule has 1 fully saturated rings. The minimum atomic E-state index is 0.0570. The highest BCUT2D eigenvalue weighted by molar-refractivity contribution is 5.93. The van der Waals surface area contributed by atoms with Gasteiger partial charge in [-0.3, -0.25) is 14.6 Å². The fourth-order valence-electron chi connectivity index (χ4n) is 3.50. The largest absolute Gasteiger partial charge is 0.356 e. The normalized spacial score (nSPS) is 15.4. The first-order valence-corrected chi connectivity index (χ1v) is 9.62. The van der Waals surface area contributed by atoms with Crippen LogP contribution in [0.2, 0.25) is 0 Å². The third-order valence-electron chi connectivity index (χ3n) is 5.02. The molecule has 1 aliphatic heterocycles. The van der Waals surface area contributed by atoms with E-state index < -0.39 is 0 Å². The molecule has 25 heavy (non-hydrogen) atoms. The van der Waals surface area contributed by atoms with Gasteiger partial charge in [-0.15, -0.1) is 0 Å². The van der Waals surface area contributed by atoms with Gasteiger partial charge in [0.25, 0.3) is 5.91 Å². The van der Waals surface area contributed by atoms with E-state index in [1.807, 2.05) is 11.0 Å². The van der Waals surface area contributed by atoms with Crippen LogP contribution in [0.5, 0.6) is 0 Å². The molecule has 5 nitrogen and oxygen atoms in total. The molecule has 1 aliphatic rings. The summed E-state index contributed by atoms with van der Waals surface area (Å²) in [6.07, 6.45) is 9.22. The Morgan fingerprint density at radius 3 is 2.48 bits per heavy atom. The smallest absolute Gasteiger partial charge is 0.255 e. The second-order valence-corrected chi connectivity index (χ2v) is 7.00. The third kappa shape index (κ3) is 5.83. The molecule has 0 saturated carbocycles. The summed E-state index contributed by atoms with van der Waals surface area (Å²) in [4.78, 5) is 30.7. The van der Waals surface area contributed by atoms with Crippen LogP contribution in [0, 0.1) is 11.8 Å². The predicted molar refractivity (Wildman–Crippen MR) is 99.2 cm³/mol. The van der Waals surface area contributed by atoms with E-state index in [2.05, 4.69) is 24.1 Å². The van der Waals surface area contributed by atoms with Crippen LogP contribution in [0.25, 0.3) is 0 Å². The van der Waals surface area contributed by atoms with Gasteiger partial charge in [-0.05, 0) is 43.7 Å². The molecule has 0 spiro atoms. The van der Waals surface area contributed by atoms with E-state index in [1.54, 1.807) is 18.5 Å². The van der Waals surface area contributed by atoms with E-state index in [0.717, 1.165) is 58.2 Å². The van der Waals surface area contributed by atoms with Crippen LogP contribution in [-0.4, -0.2) is 41.3 Å². The van der Waals surface area contributed by atoms with Crippen molar-refractivity contribution in [2.75, 3.05) is 19.6 Å². The topological polar surface area (TPSA) is 62.3 Å². The van der Waals surface area contributed by atoms with E-state index in [4.69, 9.17) is 0 Å². The standard InChI is InChI=1S/C20H31N3O2/c1-3-6-17(7-4-2)19(24)22-14-16-9-12-23(13-10-16)20(25)18-8-5-11-21-15-18/h5,8,11,15-17H,3-4,6-7,9-10,12-14H2,1-2H3,(H,22,24). The summed E-state index contributed by atoms with van der Waals surface area (Å²) < 4.78 is 0. The van der Waals surface area contributed by atoms with E-state index >= 15 is 0 Å². The Kier molecular flexibility index (Phi) is 7.89. The number of aromatic nitrogens is 1. The third-order valence-corrected chi connectivity index (χ3v) is 5.02. The first-order valence-electron chi connectivity index (χ1n) is 9.62. The van der Waals surface area contributed by atoms with E-state index in [9.17, 15) is 9.59 Å². The lowest BCUT2D eigenvalue weighted by molar-refractivity contribution is -0.125. The molecule has 0 radical (unpaired) electrons. The van der Waals surface area contributed by atoms with Crippen molar-refractivity contribution < 1.29 is 9.59 Å². The maximum Gasteiger partial charge on any atom is 0.255 e. The first kappa shape index (κ1) is 19.4. The monoisotopic (exact) mass is 345 g/mol. The Balaban J connectivity index is 1.75. The average Bonchev–Trinajstić information content (AvgIpc) is 2.66. The van der Waals surface area contributed by atoms with Crippen LogP contribution in [-0.2, 0) is 4.79 Å². The molecule has 0 aliphatic carbocycles. The molecule has 1 N–H and O–H groups in total. The van der Waals surface area contributed by atoms with Crippen LogP contribution >= 0.6 is 0 Å². The highest BCUT2D eigenvalue weighted by Gasteiger charge is 2.25. The van der Waals surface area contributed by atoms with Crippen molar-refractivity contribution in [1.29, 1.82) is 0 Å². The summed E-state index contributed by atoms with van der Waals surface area (Å²) in [7, 11) is 0. The summed E-state index contributed by atoms with van der Waals surface area (Å²) in [5.74, 6) is 0.882. The number of hydrogen-bond acceptors (Lipinski definition) is 3. The van der Waals surface area contributed by atoms with Crippen LogP contribution in [0.4, 0.5) is 0 Å². The lowest BCUT2D eigenvalue weighted by Gasteiger charge is -2.32. The lowest BCUT2D eigenvalue weighted by Crippen LogP contribution is -2.42. The van der Waals surface area contributed by atoms with Crippen LogP contribution < -0.4 is 5.32 Å². The molecule has 2 heterocycles. The number of carbonyl (C=O) groups excluding carboxylic acids is 2. The van der Waals surface area contributed by atoms with Gasteiger partial charge < -0.3 is 10.2 Å². The number of pyridine rings is 1. The number of likely N-dealkylation sites (tertiary alicyclic amines) is 1. The van der Waals surface area contributed by atoms with Gasteiger partial charge in [-0.25, -0.2) is 0 Å². The van der Waals surface area contributed by atoms with Crippen molar-refractivity contribution >= 4 is 11.8 Å². The highest BCUT2D eigenvalue weighted by atomic mass is 16.2. The Bertz CT molecular complexity index is 533. The van der Waals surface area contributed by atoms with Crippen molar-refractivity contribution in [3.05, 3.63) is 30.1 Å². The van der Waals surface area contributed by atoms with Crippen LogP contribution in [0.3, 0.4) is 0 Å². The zero-order valence-electron chi connectivity index (χ0n) is 15.5. The maximum absolute atomic E-state index is 12.4. The fourth-order valence-corrected chi connectivity index (χ4v) is 3.50. The van der Waals surface area contributed by atoms with Crippen LogP contribution in [0.15, 0.2) is 24.5 Å². The molecule has 1 aromatic rings. The SMILES string of the molecule is CCCC(CCC)C(=O)NCC1CCN(C(=O)c2cccnc2)CC1. The maximum atomic E-state index is 12.4. The van der Waals surface area contributed by atoms with Gasteiger partial charge in [0, 0.05) is 37.9 Å². The van der Waals surface area contributed by atoms with Gasteiger partial charge in [-0.1, -0.05) is 26.7 Å². The second-order valence-electron chi connectivity index (χ2n) is 7.00. The highest BCUT2D eigenvalue weighted by Crippen LogP contribution is 2.19. The minimum Gasteiger partial charge on any atom is -0.356 e. The lowest BCUT2D eigenvalue weighted by atomic mass is 9.94. The summed E-state index contributed by atoms with van der Waals surface area (Å²) in [5.41, 5.74) is 0.649.